The smallest absolute Gasteiger partial charge is 0.250 e. The lowest BCUT2D eigenvalue weighted by atomic mass is 10.0. The van der Waals surface area contributed by atoms with Crippen LogP contribution < -0.4 is 21.1 Å². The van der Waals surface area contributed by atoms with Crippen LogP contribution in [0.2, 0.25) is 0 Å². The average Bonchev–Trinajstić information content (AvgIpc) is 3.47. The highest BCUT2D eigenvalue weighted by Crippen LogP contribution is 2.30. The van der Waals surface area contributed by atoms with Crippen molar-refractivity contribution in [2.24, 2.45) is 0 Å². The summed E-state index contributed by atoms with van der Waals surface area (Å²) in [5.41, 5.74) is 8.55. The number of ether oxygens (including phenoxy) is 1. The van der Waals surface area contributed by atoms with E-state index in [0.29, 0.717) is 28.3 Å². The first-order valence-electron chi connectivity index (χ1n) is 11.0. The molecule has 0 aromatic heterocycles. The second kappa shape index (κ2) is 12.4. The van der Waals surface area contributed by atoms with Gasteiger partial charge in [0.25, 0.3) is 23.6 Å². The molecule has 4 amide bonds. The molecule has 5 rings (SSSR count). The van der Waals surface area contributed by atoms with Crippen molar-refractivity contribution in [1.29, 1.82) is 0 Å². The summed E-state index contributed by atoms with van der Waals surface area (Å²) in [6, 6.07) is 21.9. The quantitative estimate of drug-likeness (QED) is 0.285. The number of hydrogen-bond donors (Lipinski definition) is 3. The van der Waals surface area contributed by atoms with Gasteiger partial charge in [0, 0.05) is 35.6 Å². The molecular weight excluding hydrogens is 474 g/mol. The third-order valence-corrected chi connectivity index (χ3v) is 4.85. The van der Waals surface area contributed by atoms with Crippen molar-refractivity contribution in [3.63, 3.8) is 0 Å². The van der Waals surface area contributed by atoms with E-state index in [4.69, 9.17) is 10.5 Å². The van der Waals surface area contributed by atoms with E-state index in [1.807, 2.05) is 60.0 Å². The molecule has 9 nitrogen and oxygen atoms in total. The van der Waals surface area contributed by atoms with Crippen molar-refractivity contribution in [1.82, 2.24) is 10.6 Å². The number of amides is 4. The highest BCUT2D eigenvalue weighted by molar-refractivity contribution is 6.13. The van der Waals surface area contributed by atoms with Gasteiger partial charge in [0.2, 0.25) is 0 Å². The van der Waals surface area contributed by atoms with Gasteiger partial charge in [0.1, 0.15) is 11.5 Å². The Kier molecular flexibility index (Phi) is 8.82. The SMILES string of the molecule is Cc1cc(N)ccc1Oc1ccccc1C(=O)c1ccccc1.O=C1C=CC(=O)N1.O=C1C=CC(=O)N1. The maximum atomic E-state index is 12.7. The molecule has 4 N–H and O–H groups in total. The van der Waals surface area contributed by atoms with Crippen LogP contribution in [0.3, 0.4) is 0 Å². The van der Waals surface area contributed by atoms with Crippen LogP contribution in [0.25, 0.3) is 0 Å². The Labute approximate surface area is 212 Å². The molecule has 0 radical (unpaired) electrons. The first-order valence-corrected chi connectivity index (χ1v) is 11.0. The molecule has 37 heavy (non-hydrogen) atoms. The number of para-hydroxylation sites is 1. The highest BCUT2D eigenvalue weighted by Gasteiger charge is 2.15. The van der Waals surface area contributed by atoms with E-state index in [2.05, 4.69) is 0 Å². The first-order chi connectivity index (χ1) is 17.7. The fourth-order valence-electron chi connectivity index (χ4n) is 3.11. The normalized spacial score (nSPS) is 13.1. The molecule has 3 aromatic rings. The fourth-order valence-corrected chi connectivity index (χ4v) is 3.11. The van der Waals surface area contributed by atoms with Gasteiger partial charge in [-0.15, -0.1) is 0 Å². The molecule has 2 aliphatic heterocycles. The lowest BCUT2D eigenvalue weighted by Gasteiger charge is -2.12. The van der Waals surface area contributed by atoms with Crippen molar-refractivity contribution >= 4 is 35.1 Å². The Balaban J connectivity index is 0.000000220. The summed E-state index contributed by atoms with van der Waals surface area (Å²) in [6.07, 6.45) is 4.79. The Morgan fingerprint density at radius 1 is 0.676 bits per heavy atom. The second-order valence-corrected chi connectivity index (χ2v) is 7.69. The largest absolute Gasteiger partial charge is 0.456 e. The van der Waals surface area contributed by atoms with Gasteiger partial charge in [0.15, 0.2) is 5.78 Å². The minimum atomic E-state index is -0.329. The number of ketones is 1. The van der Waals surface area contributed by atoms with Gasteiger partial charge in [-0.3, -0.25) is 34.6 Å². The van der Waals surface area contributed by atoms with E-state index in [1.165, 1.54) is 24.3 Å². The van der Waals surface area contributed by atoms with Gasteiger partial charge in [-0.05, 0) is 42.8 Å². The lowest BCUT2D eigenvalue weighted by Crippen LogP contribution is -2.19. The molecule has 3 aromatic carbocycles. The molecule has 186 valence electrons. The number of rotatable bonds is 4. The number of benzene rings is 3. The van der Waals surface area contributed by atoms with E-state index >= 15 is 0 Å². The predicted octanol–water partition coefficient (Wildman–Crippen LogP) is 3.00. The summed E-state index contributed by atoms with van der Waals surface area (Å²) >= 11 is 0. The molecule has 0 saturated carbocycles. The van der Waals surface area contributed by atoms with E-state index in [-0.39, 0.29) is 29.4 Å². The van der Waals surface area contributed by atoms with Crippen LogP contribution in [-0.2, 0) is 19.2 Å². The van der Waals surface area contributed by atoms with Gasteiger partial charge in [-0.25, -0.2) is 0 Å². The van der Waals surface area contributed by atoms with Gasteiger partial charge in [-0.2, -0.15) is 0 Å². The van der Waals surface area contributed by atoms with Crippen molar-refractivity contribution < 1.29 is 28.7 Å². The number of imide groups is 2. The molecule has 0 saturated heterocycles. The van der Waals surface area contributed by atoms with Crippen molar-refractivity contribution in [2.75, 3.05) is 5.73 Å². The predicted molar refractivity (Wildman–Crippen MR) is 137 cm³/mol. The van der Waals surface area contributed by atoms with E-state index in [9.17, 15) is 24.0 Å². The standard InChI is InChI=1S/C20H17NO2.2C4H3NO2/c1-14-13-16(21)11-12-18(14)23-19-10-6-5-9-17(19)20(22)15-7-3-2-4-8-15;2*6-3-1-2-4(7)5-3/h2-13H,21H2,1H3;2*1-2H,(H,5,6,7). The number of nitrogen functional groups attached to an aromatic ring is 1. The number of carbonyl (C=O) groups excluding carboxylic acids is 5. The Hall–Kier alpha value is -5.31. The second-order valence-electron chi connectivity index (χ2n) is 7.69. The zero-order chi connectivity index (χ0) is 26.8. The van der Waals surface area contributed by atoms with E-state index < -0.39 is 0 Å². The molecule has 2 aliphatic rings. The molecule has 0 unspecified atom stereocenters. The minimum absolute atomic E-state index is 0.0608. The van der Waals surface area contributed by atoms with Crippen LogP contribution in [0.1, 0.15) is 21.5 Å². The summed E-state index contributed by atoms with van der Waals surface area (Å²) in [5, 5.41) is 4.06. The summed E-state index contributed by atoms with van der Waals surface area (Å²) < 4.78 is 5.96. The molecule has 9 heteroatoms. The molecule has 0 aliphatic carbocycles. The van der Waals surface area contributed by atoms with E-state index in [1.54, 1.807) is 30.3 Å². The van der Waals surface area contributed by atoms with Crippen molar-refractivity contribution in [3.05, 3.63) is 114 Å². The Bertz CT molecular complexity index is 1340. The average molecular weight is 498 g/mol. The molecule has 0 spiro atoms. The van der Waals surface area contributed by atoms with Gasteiger partial charge in [0.05, 0.1) is 5.56 Å². The molecule has 0 bridgehead atoms. The summed E-state index contributed by atoms with van der Waals surface area (Å²) in [7, 11) is 0. The third kappa shape index (κ3) is 7.86. The fraction of sp³-hybridized carbons (Fsp3) is 0.0357. The maximum Gasteiger partial charge on any atom is 0.250 e. The molecule has 0 fully saturated rings. The summed E-state index contributed by atoms with van der Waals surface area (Å²) in [6.45, 7) is 1.92. The van der Waals surface area contributed by atoms with Crippen LogP contribution in [0.5, 0.6) is 11.5 Å². The number of anilines is 1. The van der Waals surface area contributed by atoms with Crippen LogP contribution in [0, 0.1) is 6.92 Å². The van der Waals surface area contributed by atoms with Gasteiger partial charge >= 0.3 is 0 Å². The number of nitrogens with one attached hydrogen (secondary N) is 2. The van der Waals surface area contributed by atoms with Crippen LogP contribution >= 0.6 is 0 Å². The monoisotopic (exact) mass is 497 g/mol. The van der Waals surface area contributed by atoms with Gasteiger partial charge in [-0.1, -0.05) is 42.5 Å². The molecule has 2 heterocycles. The zero-order valence-corrected chi connectivity index (χ0v) is 19.8. The van der Waals surface area contributed by atoms with Crippen molar-refractivity contribution in [3.8, 4) is 11.5 Å². The van der Waals surface area contributed by atoms with Crippen molar-refractivity contribution in [2.45, 2.75) is 6.92 Å². The van der Waals surface area contributed by atoms with Crippen LogP contribution in [-0.4, -0.2) is 29.4 Å². The number of hydrogen-bond acceptors (Lipinski definition) is 7. The van der Waals surface area contributed by atoms with Crippen LogP contribution in [0.15, 0.2) is 97.1 Å². The maximum absolute atomic E-state index is 12.7. The number of carbonyl (C=O) groups is 5. The molecule has 0 atom stereocenters. The minimum Gasteiger partial charge on any atom is -0.456 e. The summed E-state index contributed by atoms with van der Waals surface area (Å²) in [5.74, 6) is -0.152. The number of nitrogens with two attached hydrogens (primary N) is 1. The summed E-state index contributed by atoms with van der Waals surface area (Å²) in [4.78, 5) is 52.8. The highest BCUT2D eigenvalue weighted by atomic mass is 16.5. The van der Waals surface area contributed by atoms with Crippen LogP contribution in [0.4, 0.5) is 5.69 Å². The number of aryl methyl sites for hydroxylation is 1. The van der Waals surface area contributed by atoms with E-state index in [0.717, 1.165) is 5.56 Å². The first kappa shape index (κ1) is 26.3. The molecular formula is C28H23N3O6. The Morgan fingerprint density at radius 3 is 1.68 bits per heavy atom. The Morgan fingerprint density at radius 2 is 1.19 bits per heavy atom. The third-order valence-electron chi connectivity index (χ3n) is 4.85. The van der Waals surface area contributed by atoms with Gasteiger partial charge < -0.3 is 10.5 Å². The zero-order valence-electron chi connectivity index (χ0n) is 19.8. The lowest BCUT2D eigenvalue weighted by molar-refractivity contribution is -0.125. The topological polar surface area (TPSA) is 145 Å².